The van der Waals surface area contributed by atoms with Gasteiger partial charge in [-0.3, -0.25) is 9.36 Å². The fourth-order valence-electron chi connectivity index (χ4n) is 5.64. The van der Waals surface area contributed by atoms with Crippen molar-refractivity contribution in [2.75, 3.05) is 37.6 Å². The van der Waals surface area contributed by atoms with Crippen LogP contribution in [-0.4, -0.2) is 79.9 Å². The van der Waals surface area contributed by atoms with Crippen LogP contribution in [0.3, 0.4) is 0 Å². The van der Waals surface area contributed by atoms with E-state index in [2.05, 4.69) is 15.6 Å². The van der Waals surface area contributed by atoms with Gasteiger partial charge in [-0.25, -0.2) is 18.9 Å². The van der Waals surface area contributed by atoms with E-state index in [0.717, 1.165) is 42.0 Å². The van der Waals surface area contributed by atoms with Crippen LogP contribution in [0.15, 0.2) is 71.9 Å². The van der Waals surface area contributed by atoms with Crippen LogP contribution in [0.5, 0.6) is 0 Å². The van der Waals surface area contributed by atoms with E-state index in [1.165, 1.54) is 12.1 Å². The smallest absolute Gasteiger partial charge is 0.410 e. The number of nitrogens with zero attached hydrogens (tertiary/aromatic N) is 7. The maximum Gasteiger partial charge on any atom is 0.410 e. The quantitative estimate of drug-likeness (QED) is 0.281. The lowest BCUT2D eigenvalue weighted by atomic mass is 10.1. The van der Waals surface area contributed by atoms with Crippen LogP contribution in [0.2, 0.25) is 0 Å². The maximum atomic E-state index is 13.8. The molecule has 1 N–H and O–H groups in total. The first-order chi connectivity index (χ1) is 21.6. The lowest BCUT2D eigenvalue weighted by molar-refractivity contribution is 0.0240. The summed E-state index contributed by atoms with van der Waals surface area (Å²) >= 11 is 0. The van der Waals surface area contributed by atoms with Gasteiger partial charge in [0.15, 0.2) is 5.82 Å². The van der Waals surface area contributed by atoms with Crippen molar-refractivity contribution in [3.05, 3.63) is 94.5 Å². The van der Waals surface area contributed by atoms with E-state index in [1.54, 1.807) is 26.5 Å². The molecule has 236 valence electrons. The average Bonchev–Trinajstić information content (AvgIpc) is 3.58. The monoisotopic (exact) mass is 614 g/mol. The van der Waals surface area contributed by atoms with Crippen molar-refractivity contribution in [3.8, 4) is 11.4 Å². The molecule has 2 atom stereocenters. The molecule has 45 heavy (non-hydrogen) atoms. The number of carbonyl (C=O) groups excluding carboxylic acids is 1. The molecule has 0 unspecified atom stereocenters. The Balaban J connectivity index is 1.16. The van der Waals surface area contributed by atoms with Crippen LogP contribution in [0.4, 0.5) is 15.0 Å². The summed E-state index contributed by atoms with van der Waals surface area (Å²) in [5, 5.41) is 11.5. The van der Waals surface area contributed by atoms with E-state index >= 15 is 0 Å². The summed E-state index contributed by atoms with van der Waals surface area (Å²) in [6.45, 7) is 8.18. The summed E-state index contributed by atoms with van der Waals surface area (Å²) in [6.07, 6.45) is 7.42. The summed E-state index contributed by atoms with van der Waals surface area (Å²) in [6, 6.07) is 14.7. The number of aryl methyl sites for hydroxylation is 1. The minimum absolute atomic E-state index is 0.212. The summed E-state index contributed by atoms with van der Waals surface area (Å²) in [5.74, 6) is 0.577. The van der Waals surface area contributed by atoms with Crippen molar-refractivity contribution in [1.82, 2.24) is 34.8 Å². The zero-order valence-corrected chi connectivity index (χ0v) is 25.9. The number of rotatable bonds is 9. The van der Waals surface area contributed by atoms with Gasteiger partial charge < -0.3 is 19.9 Å². The highest BCUT2D eigenvalue weighted by molar-refractivity contribution is 5.68. The number of halogens is 1. The highest BCUT2D eigenvalue weighted by Gasteiger charge is 2.37. The first-order valence-electron chi connectivity index (χ1n) is 15.5. The molecule has 0 spiro atoms. The Morgan fingerprint density at radius 1 is 1.02 bits per heavy atom. The molecule has 1 amide bonds. The predicted octanol–water partition coefficient (Wildman–Crippen LogP) is 4.09. The normalized spacial score (nSPS) is 18.2. The summed E-state index contributed by atoms with van der Waals surface area (Å²) in [7, 11) is 0. The molecule has 2 aromatic carbocycles. The number of amides is 1. The number of hydrogen-bond donors (Lipinski definition) is 1. The standard InChI is InChI=1S/C33H39FN8O3/c1-33(2,3)45-32(44)40-19-17-39(18-20-40)30-31(43)41(26-10-12-27(13-11-26)42-16-15-36-38-42)22-25(37-30)5-4-14-35-29-21-28(29)23-6-8-24(34)9-7-23/h6-13,15-16,22,28-29,35H,4-5,14,17-21H2,1-3H3/t28-,29+/m0/s1. The third kappa shape index (κ3) is 7.39. The molecule has 4 aromatic rings. The van der Waals surface area contributed by atoms with Gasteiger partial charge in [0, 0.05) is 50.0 Å². The maximum absolute atomic E-state index is 13.8. The fourth-order valence-corrected chi connectivity index (χ4v) is 5.64. The van der Waals surface area contributed by atoms with Gasteiger partial charge in [-0.1, -0.05) is 17.3 Å². The van der Waals surface area contributed by atoms with Crippen molar-refractivity contribution in [2.24, 2.45) is 0 Å². The molecule has 1 saturated carbocycles. The van der Waals surface area contributed by atoms with Crippen LogP contribution >= 0.6 is 0 Å². The van der Waals surface area contributed by atoms with Crippen LogP contribution in [-0.2, 0) is 11.2 Å². The molecule has 2 aliphatic rings. The molecule has 1 aliphatic heterocycles. The summed E-state index contributed by atoms with van der Waals surface area (Å²) in [5.41, 5.74) is 2.75. The summed E-state index contributed by atoms with van der Waals surface area (Å²) in [4.78, 5) is 34.9. The van der Waals surface area contributed by atoms with E-state index in [1.807, 2.05) is 68.3 Å². The molecule has 2 aromatic heterocycles. The van der Waals surface area contributed by atoms with Crippen molar-refractivity contribution in [1.29, 1.82) is 0 Å². The SMILES string of the molecule is CC(C)(C)OC(=O)N1CCN(c2nc(CCCN[C@@H]3C[C@H]3c3ccc(F)cc3)cn(-c3ccc(-n4ccnn4)cc3)c2=O)CC1. The molecule has 1 aliphatic carbocycles. The molecule has 0 radical (unpaired) electrons. The first-order valence-corrected chi connectivity index (χ1v) is 15.5. The van der Waals surface area contributed by atoms with Crippen LogP contribution in [0.25, 0.3) is 11.4 Å². The van der Waals surface area contributed by atoms with E-state index in [0.29, 0.717) is 50.4 Å². The van der Waals surface area contributed by atoms with Gasteiger partial charge in [-0.15, -0.1) is 5.10 Å². The second-order valence-corrected chi connectivity index (χ2v) is 12.6. The molecule has 6 rings (SSSR count). The van der Waals surface area contributed by atoms with Gasteiger partial charge >= 0.3 is 6.09 Å². The van der Waals surface area contributed by atoms with E-state index < -0.39 is 5.60 Å². The second kappa shape index (κ2) is 12.8. The van der Waals surface area contributed by atoms with Crippen LogP contribution in [0.1, 0.15) is 50.8 Å². The number of anilines is 1. The number of aromatic nitrogens is 5. The minimum Gasteiger partial charge on any atom is -0.444 e. The van der Waals surface area contributed by atoms with Crippen LogP contribution < -0.4 is 15.8 Å². The number of piperazine rings is 1. The third-order valence-corrected chi connectivity index (χ3v) is 8.09. The molecular formula is C33H39FN8O3. The lowest BCUT2D eigenvalue weighted by Crippen LogP contribution is -2.51. The van der Waals surface area contributed by atoms with Crippen molar-refractivity contribution in [3.63, 3.8) is 0 Å². The zero-order chi connectivity index (χ0) is 31.6. The van der Waals surface area contributed by atoms with Gasteiger partial charge in [-0.05, 0) is 88.5 Å². The lowest BCUT2D eigenvalue weighted by Gasteiger charge is -2.36. The molecule has 1 saturated heterocycles. The first kappa shape index (κ1) is 30.4. The number of nitrogens with one attached hydrogen (secondary N) is 1. The van der Waals surface area contributed by atoms with E-state index in [4.69, 9.17) is 9.72 Å². The number of benzene rings is 2. The topological polar surface area (TPSA) is 110 Å². The van der Waals surface area contributed by atoms with E-state index in [-0.39, 0.29) is 17.5 Å². The fraction of sp³-hybridized carbons (Fsp3) is 0.424. The highest BCUT2D eigenvalue weighted by Crippen LogP contribution is 2.40. The Labute approximate surface area is 261 Å². The molecule has 11 nitrogen and oxygen atoms in total. The average molecular weight is 615 g/mol. The largest absolute Gasteiger partial charge is 0.444 e. The van der Waals surface area contributed by atoms with Gasteiger partial charge in [0.05, 0.1) is 23.8 Å². The Hall–Kier alpha value is -4.58. The van der Waals surface area contributed by atoms with Gasteiger partial charge in [0.25, 0.3) is 5.56 Å². The molecule has 12 heteroatoms. The Morgan fingerprint density at radius 2 is 1.73 bits per heavy atom. The Morgan fingerprint density at radius 3 is 2.40 bits per heavy atom. The van der Waals surface area contributed by atoms with Crippen LogP contribution in [0, 0.1) is 5.82 Å². The summed E-state index contributed by atoms with van der Waals surface area (Å²) < 4.78 is 22.2. The minimum atomic E-state index is -0.572. The second-order valence-electron chi connectivity index (χ2n) is 12.6. The highest BCUT2D eigenvalue weighted by atomic mass is 19.1. The Kier molecular flexibility index (Phi) is 8.66. The van der Waals surface area contributed by atoms with Crippen molar-refractivity contribution < 1.29 is 13.9 Å². The van der Waals surface area contributed by atoms with Gasteiger partial charge in [-0.2, -0.15) is 0 Å². The number of ether oxygens (including phenoxy) is 1. The molecule has 2 fully saturated rings. The molecule has 0 bridgehead atoms. The number of carbonyl (C=O) groups is 1. The third-order valence-electron chi connectivity index (χ3n) is 8.09. The Bertz CT molecular complexity index is 1660. The zero-order valence-electron chi connectivity index (χ0n) is 25.9. The van der Waals surface area contributed by atoms with Gasteiger partial charge in [0.2, 0.25) is 0 Å². The van der Waals surface area contributed by atoms with Crippen molar-refractivity contribution >= 4 is 11.9 Å². The molecular weight excluding hydrogens is 575 g/mol. The number of hydrogen-bond acceptors (Lipinski definition) is 8. The molecule has 3 heterocycles. The van der Waals surface area contributed by atoms with Crippen molar-refractivity contribution in [2.45, 2.75) is 57.6 Å². The van der Waals surface area contributed by atoms with Gasteiger partial charge in [0.1, 0.15) is 11.4 Å². The van der Waals surface area contributed by atoms with E-state index in [9.17, 15) is 14.0 Å². The predicted molar refractivity (Wildman–Crippen MR) is 169 cm³/mol.